The summed E-state index contributed by atoms with van der Waals surface area (Å²) in [5.74, 6) is 0. The van der Waals surface area contributed by atoms with E-state index in [9.17, 15) is 0 Å². The van der Waals surface area contributed by atoms with Crippen LogP contribution in [0.1, 0.15) is 22.9 Å². The fourth-order valence-corrected chi connectivity index (χ4v) is 1.85. The van der Waals surface area contributed by atoms with E-state index in [1.54, 1.807) is 12.5 Å². The minimum Gasteiger partial charge on any atom is -0.394 e. The van der Waals surface area contributed by atoms with Crippen molar-refractivity contribution >= 4 is 0 Å². The Kier molecular flexibility index (Phi) is 3.26. The summed E-state index contributed by atoms with van der Waals surface area (Å²) in [6.45, 7) is 4.01. The Labute approximate surface area is 101 Å². The lowest BCUT2D eigenvalue weighted by Crippen LogP contribution is -2.18. The summed E-state index contributed by atoms with van der Waals surface area (Å²) in [7, 11) is 0. The number of nitrogens with zero attached hydrogens (tertiary/aromatic N) is 2. The van der Waals surface area contributed by atoms with Crippen molar-refractivity contribution in [2.75, 3.05) is 6.61 Å². The second-order valence-corrected chi connectivity index (χ2v) is 4.27. The highest BCUT2D eigenvalue weighted by molar-refractivity contribution is 5.44. The van der Waals surface area contributed by atoms with E-state index < -0.39 is 6.04 Å². The molecule has 0 fully saturated rings. The summed E-state index contributed by atoms with van der Waals surface area (Å²) in [4.78, 5) is 4.11. The lowest BCUT2D eigenvalue weighted by atomic mass is 10.1. The van der Waals surface area contributed by atoms with Crippen molar-refractivity contribution in [3.63, 3.8) is 0 Å². The van der Waals surface area contributed by atoms with Crippen molar-refractivity contribution < 1.29 is 5.11 Å². The fourth-order valence-electron chi connectivity index (χ4n) is 1.85. The summed E-state index contributed by atoms with van der Waals surface area (Å²) < 4.78 is 1.93. The van der Waals surface area contributed by atoms with E-state index in [4.69, 9.17) is 10.8 Å². The fraction of sp³-hybridized carbons (Fsp3) is 0.308. The smallest absolute Gasteiger partial charge is 0.0994 e. The molecule has 1 heterocycles. The SMILES string of the molecule is Cc1ccc(C)c(-n2cncc2C(N)CO)c1. The van der Waals surface area contributed by atoms with Crippen molar-refractivity contribution in [1.82, 2.24) is 9.55 Å². The molecule has 1 aromatic carbocycles. The van der Waals surface area contributed by atoms with Crippen LogP contribution in [0, 0.1) is 13.8 Å². The van der Waals surface area contributed by atoms with Crippen molar-refractivity contribution in [2.24, 2.45) is 5.73 Å². The quantitative estimate of drug-likeness (QED) is 0.841. The molecule has 3 N–H and O–H groups in total. The number of hydrogen-bond acceptors (Lipinski definition) is 3. The van der Waals surface area contributed by atoms with Crippen LogP contribution >= 0.6 is 0 Å². The average Bonchev–Trinajstić information content (AvgIpc) is 2.80. The van der Waals surface area contributed by atoms with Gasteiger partial charge >= 0.3 is 0 Å². The number of imidazole rings is 1. The number of aliphatic hydroxyl groups is 1. The molecule has 4 heteroatoms. The van der Waals surface area contributed by atoms with Crippen LogP contribution in [-0.4, -0.2) is 21.3 Å². The molecule has 1 atom stereocenters. The molecule has 0 amide bonds. The lowest BCUT2D eigenvalue weighted by molar-refractivity contribution is 0.265. The third-order valence-corrected chi connectivity index (χ3v) is 2.87. The van der Waals surface area contributed by atoms with E-state index in [-0.39, 0.29) is 6.61 Å². The molecule has 4 nitrogen and oxygen atoms in total. The minimum absolute atomic E-state index is 0.0867. The molecule has 0 aliphatic carbocycles. The summed E-state index contributed by atoms with van der Waals surface area (Å²) >= 11 is 0. The van der Waals surface area contributed by atoms with Crippen LogP contribution in [0.2, 0.25) is 0 Å². The normalized spacial score (nSPS) is 12.7. The number of benzene rings is 1. The van der Waals surface area contributed by atoms with E-state index in [1.165, 1.54) is 5.56 Å². The second kappa shape index (κ2) is 4.69. The zero-order chi connectivity index (χ0) is 12.4. The van der Waals surface area contributed by atoms with Crippen molar-refractivity contribution in [3.8, 4) is 5.69 Å². The number of aryl methyl sites for hydroxylation is 2. The number of nitrogens with two attached hydrogens (primary N) is 1. The van der Waals surface area contributed by atoms with Gasteiger partial charge < -0.3 is 15.4 Å². The maximum absolute atomic E-state index is 9.14. The van der Waals surface area contributed by atoms with Gasteiger partial charge in [0, 0.05) is 5.69 Å². The number of aromatic nitrogens is 2. The molecule has 0 aliphatic heterocycles. The highest BCUT2D eigenvalue weighted by Crippen LogP contribution is 2.20. The number of hydrogen-bond donors (Lipinski definition) is 2. The second-order valence-electron chi connectivity index (χ2n) is 4.27. The molecule has 2 rings (SSSR count). The van der Waals surface area contributed by atoms with E-state index >= 15 is 0 Å². The third-order valence-electron chi connectivity index (χ3n) is 2.87. The molecule has 0 aliphatic rings. The largest absolute Gasteiger partial charge is 0.394 e. The molecule has 17 heavy (non-hydrogen) atoms. The predicted molar refractivity (Wildman–Crippen MR) is 67.1 cm³/mol. The Morgan fingerprint density at radius 3 is 2.88 bits per heavy atom. The van der Waals surface area contributed by atoms with E-state index in [0.717, 1.165) is 16.9 Å². The van der Waals surface area contributed by atoms with Crippen LogP contribution in [0.25, 0.3) is 5.69 Å². The highest BCUT2D eigenvalue weighted by Gasteiger charge is 2.12. The lowest BCUT2D eigenvalue weighted by Gasteiger charge is -2.15. The first-order valence-corrected chi connectivity index (χ1v) is 5.60. The van der Waals surface area contributed by atoms with Gasteiger partial charge in [0.25, 0.3) is 0 Å². The molecular formula is C13H17N3O. The minimum atomic E-state index is -0.405. The molecule has 1 aromatic heterocycles. The molecule has 2 aromatic rings. The third kappa shape index (κ3) is 2.23. The molecule has 0 spiro atoms. The first-order chi connectivity index (χ1) is 8.13. The van der Waals surface area contributed by atoms with E-state index in [0.29, 0.717) is 0 Å². The molecule has 0 saturated carbocycles. The van der Waals surface area contributed by atoms with Gasteiger partial charge in [0.2, 0.25) is 0 Å². The van der Waals surface area contributed by atoms with Gasteiger partial charge in [0.15, 0.2) is 0 Å². The van der Waals surface area contributed by atoms with Crippen LogP contribution in [0.5, 0.6) is 0 Å². The summed E-state index contributed by atoms with van der Waals surface area (Å²) in [5.41, 5.74) is 10.1. The van der Waals surface area contributed by atoms with Gasteiger partial charge in [-0.05, 0) is 31.0 Å². The zero-order valence-corrected chi connectivity index (χ0v) is 10.1. The van der Waals surface area contributed by atoms with Gasteiger partial charge in [-0.25, -0.2) is 4.98 Å². The maximum Gasteiger partial charge on any atom is 0.0994 e. The zero-order valence-electron chi connectivity index (χ0n) is 10.1. The van der Waals surface area contributed by atoms with Gasteiger partial charge in [-0.1, -0.05) is 12.1 Å². The molecule has 0 saturated heterocycles. The Morgan fingerprint density at radius 1 is 1.41 bits per heavy atom. The maximum atomic E-state index is 9.14. The van der Waals surface area contributed by atoms with Crippen molar-refractivity contribution in [2.45, 2.75) is 19.9 Å². The standard InChI is InChI=1S/C13H17N3O/c1-9-3-4-10(2)12(5-9)16-8-15-6-13(16)11(14)7-17/h3-6,8,11,17H,7,14H2,1-2H3. The van der Waals surface area contributed by atoms with Gasteiger partial charge in [-0.15, -0.1) is 0 Å². The Morgan fingerprint density at radius 2 is 2.18 bits per heavy atom. The molecular weight excluding hydrogens is 214 g/mol. The van der Waals surface area contributed by atoms with Crippen LogP contribution in [-0.2, 0) is 0 Å². The summed E-state index contributed by atoms with van der Waals surface area (Å²) in [6, 6.07) is 5.82. The van der Waals surface area contributed by atoms with Crippen molar-refractivity contribution in [1.29, 1.82) is 0 Å². The van der Waals surface area contributed by atoms with Gasteiger partial charge in [0.1, 0.15) is 0 Å². The Bertz CT molecular complexity index is 519. The summed E-state index contributed by atoms with van der Waals surface area (Å²) in [5, 5.41) is 9.14. The van der Waals surface area contributed by atoms with Crippen LogP contribution < -0.4 is 5.73 Å². The van der Waals surface area contributed by atoms with Gasteiger partial charge in [0.05, 0.1) is 30.9 Å². The monoisotopic (exact) mass is 231 g/mol. The number of rotatable bonds is 3. The van der Waals surface area contributed by atoms with Crippen LogP contribution in [0.3, 0.4) is 0 Å². The van der Waals surface area contributed by atoms with Gasteiger partial charge in [-0.2, -0.15) is 0 Å². The summed E-state index contributed by atoms with van der Waals surface area (Å²) in [6.07, 6.45) is 3.43. The predicted octanol–water partition coefficient (Wildman–Crippen LogP) is 1.48. The first kappa shape index (κ1) is 11.8. The Balaban J connectivity index is 2.53. The van der Waals surface area contributed by atoms with Crippen LogP contribution in [0.15, 0.2) is 30.7 Å². The van der Waals surface area contributed by atoms with Crippen LogP contribution in [0.4, 0.5) is 0 Å². The average molecular weight is 231 g/mol. The molecule has 90 valence electrons. The highest BCUT2D eigenvalue weighted by atomic mass is 16.3. The molecule has 0 bridgehead atoms. The topological polar surface area (TPSA) is 64.1 Å². The Hall–Kier alpha value is -1.65. The molecule has 1 unspecified atom stereocenters. The molecule has 0 radical (unpaired) electrons. The van der Waals surface area contributed by atoms with Crippen molar-refractivity contribution in [3.05, 3.63) is 47.5 Å². The van der Waals surface area contributed by atoms with E-state index in [2.05, 4.69) is 23.2 Å². The number of aliphatic hydroxyl groups excluding tert-OH is 1. The van der Waals surface area contributed by atoms with E-state index in [1.807, 2.05) is 18.4 Å². The first-order valence-electron chi connectivity index (χ1n) is 5.60. The van der Waals surface area contributed by atoms with Gasteiger partial charge in [-0.3, -0.25) is 0 Å².